The fourth-order valence-corrected chi connectivity index (χ4v) is 3.35. The summed E-state index contributed by atoms with van der Waals surface area (Å²) in [5, 5.41) is 0. The van der Waals surface area contributed by atoms with Crippen LogP contribution in [0.15, 0.2) is 0 Å². The van der Waals surface area contributed by atoms with E-state index in [9.17, 15) is 0 Å². The standard InChI is InChI=1S/C14H30N2O/c1-5-16(13(3)10-17-4)14(11-15)8-6-12(2)7-9-14/h12-13H,5-11,15H2,1-4H3. The molecule has 0 radical (unpaired) electrons. The number of methoxy groups -OCH3 is 1. The molecular weight excluding hydrogens is 212 g/mol. The van der Waals surface area contributed by atoms with Crippen molar-refractivity contribution in [3.05, 3.63) is 0 Å². The second-order valence-electron chi connectivity index (χ2n) is 5.70. The number of rotatable bonds is 6. The number of hydrogen-bond donors (Lipinski definition) is 1. The fraction of sp³-hybridized carbons (Fsp3) is 1.00. The summed E-state index contributed by atoms with van der Waals surface area (Å²) in [7, 11) is 1.78. The van der Waals surface area contributed by atoms with Crippen molar-refractivity contribution in [2.24, 2.45) is 11.7 Å². The Balaban J connectivity index is 2.74. The van der Waals surface area contributed by atoms with E-state index in [2.05, 4.69) is 25.7 Å². The van der Waals surface area contributed by atoms with E-state index in [1.165, 1.54) is 25.7 Å². The largest absolute Gasteiger partial charge is 0.383 e. The van der Waals surface area contributed by atoms with Gasteiger partial charge in [-0.1, -0.05) is 13.8 Å². The second-order valence-corrected chi connectivity index (χ2v) is 5.70. The fourth-order valence-electron chi connectivity index (χ4n) is 3.35. The molecule has 1 aliphatic rings. The number of likely N-dealkylation sites (N-methyl/N-ethyl adjacent to an activating group) is 1. The van der Waals surface area contributed by atoms with Crippen molar-refractivity contribution >= 4 is 0 Å². The van der Waals surface area contributed by atoms with Crippen molar-refractivity contribution in [2.45, 2.75) is 58.0 Å². The van der Waals surface area contributed by atoms with Crippen molar-refractivity contribution in [3.8, 4) is 0 Å². The van der Waals surface area contributed by atoms with Crippen LogP contribution in [0.3, 0.4) is 0 Å². The summed E-state index contributed by atoms with van der Waals surface area (Å²) in [4.78, 5) is 2.57. The molecule has 1 saturated carbocycles. The molecule has 1 rings (SSSR count). The first-order chi connectivity index (χ1) is 8.09. The molecule has 0 amide bonds. The van der Waals surface area contributed by atoms with Crippen molar-refractivity contribution < 1.29 is 4.74 Å². The third kappa shape index (κ3) is 3.43. The minimum atomic E-state index is 0.221. The average Bonchev–Trinajstić information content (AvgIpc) is 2.33. The third-order valence-corrected chi connectivity index (χ3v) is 4.47. The van der Waals surface area contributed by atoms with Crippen LogP contribution >= 0.6 is 0 Å². The minimum absolute atomic E-state index is 0.221. The SMILES string of the molecule is CCN(C(C)COC)C1(CN)CCC(C)CC1. The van der Waals surface area contributed by atoms with Crippen LogP contribution in [0.1, 0.15) is 46.5 Å². The molecule has 2 N–H and O–H groups in total. The van der Waals surface area contributed by atoms with Gasteiger partial charge in [0.25, 0.3) is 0 Å². The Morgan fingerprint density at radius 2 is 2.00 bits per heavy atom. The zero-order chi connectivity index (χ0) is 12.9. The molecule has 0 aliphatic heterocycles. The van der Waals surface area contributed by atoms with Crippen LogP contribution in [0.5, 0.6) is 0 Å². The predicted molar refractivity (Wildman–Crippen MR) is 73.1 cm³/mol. The molecule has 0 aromatic carbocycles. The van der Waals surface area contributed by atoms with E-state index in [0.29, 0.717) is 6.04 Å². The lowest BCUT2D eigenvalue weighted by molar-refractivity contribution is -0.00786. The highest BCUT2D eigenvalue weighted by Crippen LogP contribution is 2.36. The Morgan fingerprint density at radius 1 is 1.41 bits per heavy atom. The quantitative estimate of drug-likeness (QED) is 0.776. The topological polar surface area (TPSA) is 38.5 Å². The van der Waals surface area contributed by atoms with E-state index < -0.39 is 0 Å². The smallest absolute Gasteiger partial charge is 0.0615 e. The second kappa shape index (κ2) is 6.72. The molecule has 0 spiro atoms. The highest BCUT2D eigenvalue weighted by atomic mass is 16.5. The zero-order valence-corrected chi connectivity index (χ0v) is 12.0. The van der Waals surface area contributed by atoms with Crippen molar-refractivity contribution in [2.75, 3.05) is 26.8 Å². The summed E-state index contributed by atoms with van der Waals surface area (Å²) in [5.74, 6) is 0.867. The highest BCUT2D eigenvalue weighted by molar-refractivity contribution is 4.96. The van der Waals surface area contributed by atoms with Gasteiger partial charge in [0.15, 0.2) is 0 Å². The Morgan fingerprint density at radius 3 is 2.41 bits per heavy atom. The molecular formula is C14H30N2O. The van der Waals surface area contributed by atoms with Crippen molar-refractivity contribution in [1.82, 2.24) is 4.90 Å². The van der Waals surface area contributed by atoms with Crippen molar-refractivity contribution in [1.29, 1.82) is 0 Å². The summed E-state index contributed by atoms with van der Waals surface area (Å²) >= 11 is 0. The van der Waals surface area contributed by atoms with E-state index in [1.807, 2.05) is 0 Å². The summed E-state index contributed by atoms with van der Waals surface area (Å²) in [6, 6.07) is 0.460. The van der Waals surface area contributed by atoms with Gasteiger partial charge in [-0.25, -0.2) is 0 Å². The molecule has 0 aromatic rings. The van der Waals surface area contributed by atoms with E-state index in [4.69, 9.17) is 10.5 Å². The molecule has 0 saturated heterocycles. The van der Waals surface area contributed by atoms with Crippen LogP contribution in [0.2, 0.25) is 0 Å². The van der Waals surface area contributed by atoms with Gasteiger partial charge in [0.2, 0.25) is 0 Å². The van der Waals surface area contributed by atoms with Gasteiger partial charge in [-0.15, -0.1) is 0 Å². The van der Waals surface area contributed by atoms with Crippen molar-refractivity contribution in [3.63, 3.8) is 0 Å². The lowest BCUT2D eigenvalue weighted by Gasteiger charge is -2.49. The Hall–Kier alpha value is -0.120. The van der Waals surface area contributed by atoms with Gasteiger partial charge in [-0.2, -0.15) is 0 Å². The van der Waals surface area contributed by atoms with Gasteiger partial charge in [0.1, 0.15) is 0 Å². The van der Waals surface area contributed by atoms with E-state index in [-0.39, 0.29) is 5.54 Å². The Labute approximate surface area is 107 Å². The van der Waals surface area contributed by atoms with Gasteiger partial charge < -0.3 is 10.5 Å². The number of ether oxygens (including phenoxy) is 1. The van der Waals surface area contributed by atoms with Gasteiger partial charge >= 0.3 is 0 Å². The lowest BCUT2D eigenvalue weighted by atomic mass is 9.75. The minimum Gasteiger partial charge on any atom is -0.383 e. The van der Waals surface area contributed by atoms with Crippen LogP contribution in [0.4, 0.5) is 0 Å². The first-order valence-corrected chi connectivity index (χ1v) is 7.05. The summed E-state index contributed by atoms with van der Waals surface area (Å²) < 4.78 is 5.31. The molecule has 1 fully saturated rings. The molecule has 0 bridgehead atoms. The monoisotopic (exact) mass is 242 g/mol. The van der Waals surface area contributed by atoms with Crippen LogP contribution in [-0.2, 0) is 4.74 Å². The molecule has 1 atom stereocenters. The molecule has 1 unspecified atom stereocenters. The molecule has 0 heterocycles. The molecule has 17 heavy (non-hydrogen) atoms. The van der Waals surface area contributed by atoms with Gasteiger partial charge in [-0.3, -0.25) is 4.90 Å². The van der Waals surface area contributed by atoms with Crippen LogP contribution < -0.4 is 5.73 Å². The van der Waals surface area contributed by atoms with Gasteiger partial charge in [0.05, 0.1) is 6.61 Å². The van der Waals surface area contributed by atoms with Crippen LogP contribution in [0.25, 0.3) is 0 Å². The van der Waals surface area contributed by atoms with Crippen LogP contribution in [-0.4, -0.2) is 43.3 Å². The van der Waals surface area contributed by atoms with E-state index >= 15 is 0 Å². The number of nitrogens with two attached hydrogens (primary N) is 1. The Kier molecular flexibility index (Phi) is 5.90. The summed E-state index contributed by atoms with van der Waals surface area (Å²) in [6.45, 7) is 9.49. The molecule has 1 aliphatic carbocycles. The van der Waals surface area contributed by atoms with Crippen LogP contribution in [0, 0.1) is 5.92 Å². The maximum Gasteiger partial charge on any atom is 0.0615 e. The lowest BCUT2D eigenvalue weighted by Crippen LogP contribution is -2.59. The van der Waals surface area contributed by atoms with Gasteiger partial charge in [-0.05, 0) is 45.1 Å². The molecule has 102 valence electrons. The number of nitrogens with zero attached hydrogens (tertiary/aromatic N) is 1. The normalized spacial score (nSPS) is 31.8. The molecule has 3 nitrogen and oxygen atoms in total. The molecule has 0 aromatic heterocycles. The predicted octanol–water partition coefficient (Wildman–Crippen LogP) is 2.25. The highest BCUT2D eigenvalue weighted by Gasteiger charge is 2.39. The first-order valence-electron chi connectivity index (χ1n) is 7.05. The number of hydrogen-bond acceptors (Lipinski definition) is 3. The van der Waals surface area contributed by atoms with E-state index in [0.717, 1.165) is 25.6 Å². The first kappa shape index (κ1) is 14.9. The zero-order valence-electron chi connectivity index (χ0n) is 12.0. The summed E-state index contributed by atoms with van der Waals surface area (Å²) in [5.41, 5.74) is 6.33. The van der Waals surface area contributed by atoms with E-state index in [1.54, 1.807) is 7.11 Å². The average molecular weight is 242 g/mol. The third-order valence-electron chi connectivity index (χ3n) is 4.47. The Bertz CT molecular complexity index is 212. The van der Waals surface area contributed by atoms with Gasteiger partial charge in [0, 0.05) is 25.2 Å². The summed E-state index contributed by atoms with van der Waals surface area (Å²) in [6.07, 6.45) is 5.11. The molecule has 3 heteroatoms. The maximum atomic E-state index is 6.11. The maximum absolute atomic E-state index is 6.11.